The molecule has 0 saturated carbocycles. The zero-order chi connectivity index (χ0) is 14.8. The molecule has 0 amide bonds. The highest BCUT2D eigenvalue weighted by atomic mass is 19.4. The molecule has 1 unspecified atom stereocenters. The fourth-order valence-corrected chi connectivity index (χ4v) is 1.50. The zero-order valence-corrected chi connectivity index (χ0v) is 9.99. The summed E-state index contributed by atoms with van der Waals surface area (Å²) >= 11 is 0. The monoisotopic (exact) mass is 280 g/mol. The number of benzene rings is 1. The third kappa shape index (κ3) is 3.08. The molecule has 106 valence electrons. The normalized spacial score (nSPS) is 12.9. The predicted octanol–water partition coefficient (Wildman–Crippen LogP) is 1.84. The number of methoxy groups -OCH3 is 2. The first-order valence-electron chi connectivity index (χ1n) is 4.96. The molecule has 0 aliphatic carbocycles. The maximum Gasteiger partial charge on any atom is 0.420 e. The van der Waals surface area contributed by atoms with Crippen LogP contribution in [0.25, 0.3) is 0 Å². The summed E-state index contributed by atoms with van der Waals surface area (Å²) in [6.07, 6.45) is -6.85. The summed E-state index contributed by atoms with van der Waals surface area (Å²) in [7, 11) is 2.13. The molecule has 1 aromatic rings. The Kier molecular flexibility index (Phi) is 4.25. The van der Waals surface area contributed by atoms with Crippen molar-refractivity contribution >= 4 is 5.97 Å². The van der Waals surface area contributed by atoms with Crippen LogP contribution in [-0.2, 0) is 11.0 Å². The number of hydrogen-bond donors (Lipinski definition) is 2. The summed E-state index contributed by atoms with van der Waals surface area (Å²) in [6.45, 7) is 0. The molecule has 0 aliphatic heterocycles. The van der Waals surface area contributed by atoms with E-state index in [-0.39, 0.29) is 5.75 Å². The van der Waals surface area contributed by atoms with E-state index in [0.29, 0.717) is 6.07 Å². The average Bonchev–Trinajstić information content (AvgIpc) is 2.34. The van der Waals surface area contributed by atoms with Crippen LogP contribution in [-0.4, -0.2) is 30.4 Å². The van der Waals surface area contributed by atoms with Crippen LogP contribution in [0, 0.1) is 0 Å². The van der Waals surface area contributed by atoms with Gasteiger partial charge < -0.3 is 19.7 Å². The van der Waals surface area contributed by atoms with Gasteiger partial charge in [0.15, 0.2) is 17.6 Å². The maximum absolute atomic E-state index is 12.8. The van der Waals surface area contributed by atoms with E-state index in [1.165, 1.54) is 0 Å². The number of alkyl halides is 3. The van der Waals surface area contributed by atoms with E-state index in [4.69, 9.17) is 9.84 Å². The molecule has 1 aromatic carbocycles. The van der Waals surface area contributed by atoms with Gasteiger partial charge in [0.25, 0.3) is 0 Å². The Hall–Kier alpha value is -1.96. The fraction of sp³-hybridized carbons (Fsp3) is 0.364. The molecule has 0 saturated heterocycles. The Morgan fingerprint density at radius 3 is 2.21 bits per heavy atom. The van der Waals surface area contributed by atoms with E-state index in [2.05, 4.69) is 4.74 Å². The number of ether oxygens (including phenoxy) is 2. The van der Waals surface area contributed by atoms with Gasteiger partial charge in [-0.05, 0) is 17.7 Å². The number of halogens is 3. The molecule has 0 radical (unpaired) electrons. The van der Waals surface area contributed by atoms with Crippen molar-refractivity contribution in [3.05, 3.63) is 23.3 Å². The second-order valence-corrected chi connectivity index (χ2v) is 3.54. The van der Waals surface area contributed by atoms with Crippen LogP contribution in [0.3, 0.4) is 0 Å². The van der Waals surface area contributed by atoms with Crippen LogP contribution in [0.4, 0.5) is 13.2 Å². The number of carboxylic acids is 1. The van der Waals surface area contributed by atoms with Crippen molar-refractivity contribution in [2.75, 3.05) is 14.2 Å². The highest BCUT2D eigenvalue weighted by Crippen LogP contribution is 2.43. The van der Waals surface area contributed by atoms with E-state index >= 15 is 0 Å². The quantitative estimate of drug-likeness (QED) is 0.880. The Morgan fingerprint density at radius 1 is 1.26 bits per heavy atom. The molecule has 0 aromatic heterocycles. The number of carbonyl (C=O) groups is 1. The Balaban J connectivity index is 3.51. The average molecular weight is 280 g/mol. The maximum atomic E-state index is 12.8. The first-order chi connectivity index (χ1) is 8.72. The van der Waals surface area contributed by atoms with Gasteiger partial charge in [-0.1, -0.05) is 0 Å². The second-order valence-electron chi connectivity index (χ2n) is 3.54. The topological polar surface area (TPSA) is 76.0 Å². The number of hydrogen-bond acceptors (Lipinski definition) is 4. The molecule has 8 heteroatoms. The molecular formula is C11H11F3O5. The van der Waals surface area contributed by atoms with E-state index in [1.54, 1.807) is 0 Å². The Labute approximate surface area is 106 Å². The number of aliphatic hydroxyl groups excluding tert-OH is 1. The Bertz CT molecular complexity index is 484. The lowest BCUT2D eigenvalue weighted by molar-refractivity contribution is -0.147. The molecule has 0 aliphatic rings. The fourth-order valence-electron chi connectivity index (χ4n) is 1.50. The molecule has 0 bridgehead atoms. The molecule has 0 fully saturated rings. The Morgan fingerprint density at radius 2 is 1.84 bits per heavy atom. The van der Waals surface area contributed by atoms with Gasteiger partial charge in [0.05, 0.1) is 14.2 Å². The zero-order valence-electron chi connectivity index (χ0n) is 9.99. The molecule has 1 atom stereocenters. The van der Waals surface area contributed by atoms with E-state index in [0.717, 1.165) is 20.3 Å². The summed E-state index contributed by atoms with van der Waals surface area (Å²) in [5, 5.41) is 17.9. The van der Waals surface area contributed by atoms with Crippen molar-refractivity contribution in [2.24, 2.45) is 0 Å². The van der Waals surface area contributed by atoms with Crippen molar-refractivity contribution in [3.63, 3.8) is 0 Å². The third-order valence-electron chi connectivity index (χ3n) is 2.36. The minimum atomic E-state index is -4.77. The minimum Gasteiger partial charge on any atom is -0.493 e. The summed E-state index contributed by atoms with van der Waals surface area (Å²) in [4.78, 5) is 10.6. The molecule has 2 N–H and O–H groups in total. The largest absolute Gasteiger partial charge is 0.493 e. The van der Waals surface area contributed by atoms with Crippen LogP contribution in [0.1, 0.15) is 17.2 Å². The van der Waals surface area contributed by atoms with E-state index < -0.39 is 35.1 Å². The summed E-state index contributed by atoms with van der Waals surface area (Å²) < 4.78 is 47.8. The van der Waals surface area contributed by atoms with Gasteiger partial charge in [0.2, 0.25) is 0 Å². The van der Waals surface area contributed by atoms with Crippen LogP contribution >= 0.6 is 0 Å². The first kappa shape index (κ1) is 15.1. The van der Waals surface area contributed by atoms with Crippen LogP contribution in [0.2, 0.25) is 0 Å². The van der Waals surface area contributed by atoms with Crippen LogP contribution in [0.15, 0.2) is 12.1 Å². The van der Waals surface area contributed by atoms with Gasteiger partial charge in [-0.15, -0.1) is 0 Å². The highest BCUT2D eigenvalue weighted by molar-refractivity contribution is 5.74. The number of rotatable bonds is 4. The smallest absolute Gasteiger partial charge is 0.420 e. The predicted molar refractivity (Wildman–Crippen MR) is 57.1 cm³/mol. The molecule has 19 heavy (non-hydrogen) atoms. The molecule has 0 spiro atoms. The molecule has 5 nitrogen and oxygen atoms in total. The van der Waals surface area contributed by atoms with Gasteiger partial charge >= 0.3 is 12.1 Å². The van der Waals surface area contributed by atoms with Crippen molar-refractivity contribution in [1.82, 2.24) is 0 Å². The van der Waals surface area contributed by atoms with Gasteiger partial charge in [-0.25, -0.2) is 4.79 Å². The summed E-state index contributed by atoms with van der Waals surface area (Å²) in [6, 6.07) is 1.49. The lowest BCUT2D eigenvalue weighted by atomic mass is 10.0. The van der Waals surface area contributed by atoms with Crippen molar-refractivity contribution in [1.29, 1.82) is 0 Å². The summed E-state index contributed by atoms with van der Waals surface area (Å²) in [5.74, 6) is -2.55. The SMILES string of the molecule is COc1cc(C(O)C(=O)O)cc(C(F)(F)F)c1OC. The second kappa shape index (κ2) is 5.35. The third-order valence-corrected chi connectivity index (χ3v) is 2.36. The van der Waals surface area contributed by atoms with Gasteiger partial charge in [0, 0.05) is 0 Å². The van der Waals surface area contributed by atoms with Crippen LogP contribution in [0.5, 0.6) is 11.5 Å². The standard InChI is InChI=1S/C11H11F3O5/c1-18-7-4-5(8(15)10(16)17)3-6(9(7)19-2)11(12,13)14/h3-4,8,15H,1-2H3,(H,16,17). The highest BCUT2D eigenvalue weighted by Gasteiger charge is 2.37. The van der Waals surface area contributed by atoms with E-state index in [9.17, 15) is 23.1 Å². The first-order valence-corrected chi connectivity index (χ1v) is 4.96. The molecule has 1 rings (SSSR count). The number of aliphatic hydroxyl groups is 1. The minimum absolute atomic E-state index is 0.312. The number of aliphatic carboxylic acids is 1. The number of carboxylic acid groups (broad SMARTS) is 1. The van der Waals surface area contributed by atoms with Gasteiger partial charge in [0.1, 0.15) is 5.56 Å². The van der Waals surface area contributed by atoms with Gasteiger partial charge in [-0.3, -0.25) is 0 Å². The van der Waals surface area contributed by atoms with Crippen molar-refractivity contribution in [2.45, 2.75) is 12.3 Å². The van der Waals surface area contributed by atoms with E-state index in [1.807, 2.05) is 0 Å². The van der Waals surface area contributed by atoms with Crippen molar-refractivity contribution in [3.8, 4) is 11.5 Å². The molecule has 0 heterocycles. The lowest BCUT2D eigenvalue weighted by Crippen LogP contribution is -2.14. The van der Waals surface area contributed by atoms with Gasteiger partial charge in [-0.2, -0.15) is 13.2 Å². The van der Waals surface area contributed by atoms with Crippen LogP contribution < -0.4 is 9.47 Å². The molecular weight excluding hydrogens is 269 g/mol. The van der Waals surface area contributed by atoms with Crippen molar-refractivity contribution < 1.29 is 37.7 Å². The summed E-state index contributed by atoms with van der Waals surface area (Å²) in [5.41, 5.74) is -1.66. The lowest BCUT2D eigenvalue weighted by Gasteiger charge is -2.17.